The number of hydrogen-bond acceptors (Lipinski definition) is 8. The van der Waals surface area contributed by atoms with E-state index in [1.165, 1.54) is 340 Å². The van der Waals surface area contributed by atoms with Crippen molar-refractivity contribution in [3.05, 3.63) is 36.5 Å². The smallest absolute Gasteiger partial charge is 0.306 e. The molecule has 0 aromatic heterocycles. The number of unbranched alkanes of at least 4 members (excludes halogenated alkanes) is 55. The summed E-state index contributed by atoms with van der Waals surface area (Å²) in [5.74, 6) is -2.25. The number of ether oxygens (including phenoxy) is 4. The summed E-state index contributed by atoms with van der Waals surface area (Å²) in [6.45, 7) is 4.82. The van der Waals surface area contributed by atoms with Crippen molar-refractivity contribution in [1.29, 1.82) is 0 Å². The molecule has 9 heteroatoms. The van der Waals surface area contributed by atoms with Crippen molar-refractivity contribution >= 4 is 17.9 Å². The van der Waals surface area contributed by atoms with Crippen LogP contribution in [0.15, 0.2) is 36.5 Å². The zero-order valence-electron chi connectivity index (χ0n) is 61.5. The van der Waals surface area contributed by atoms with Crippen molar-refractivity contribution in [2.75, 3.05) is 47.5 Å². The second-order valence-electron chi connectivity index (χ2n) is 28.7. The molecule has 0 rings (SSSR count). The van der Waals surface area contributed by atoms with Gasteiger partial charge in [-0.1, -0.05) is 365 Å². The average molecular weight is 1280 g/mol. The summed E-state index contributed by atoms with van der Waals surface area (Å²) in [7, 11) is 5.95. The zero-order chi connectivity index (χ0) is 66.1. The van der Waals surface area contributed by atoms with E-state index in [1.807, 2.05) is 21.1 Å². The number of carbonyl (C=O) groups is 3. The molecular formula is C82H155NO8. The second-order valence-corrected chi connectivity index (χ2v) is 28.7. The lowest BCUT2D eigenvalue weighted by atomic mass is 10.0. The van der Waals surface area contributed by atoms with E-state index in [4.69, 9.17) is 18.9 Å². The Morgan fingerprint density at radius 3 is 0.879 bits per heavy atom. The molecule has 91 heavy (non-hydrogen) atoms. The van der Waals surface area contributed by atoms with E-state index in [-0.39, 0.29) is 32.2 Å². The van der Waals surface area contributed by atoms with E-state index in [2.05, 4.69) is 50.3 Å². The number of allylic oxidation sites excluding steroid dienone is 6. The van der Waals surface area contributed by atoms with Gasteiger partial charge in [-0.3, -0.25) is 9.59 Å². The van der Waals surface area contributed by atoms with E-state index < -0.39 is 24.3 Å². The molecule has 0 heterocycles. The first-order valence-electron chi connectivity index (χ1n) is 40.1. The van der Waals surface area contributed by atoms with Crippen molar-refractivity contribution in [1.82, 2.24) is 0 Å². The number of quaternary nitrogens is 1. The Kier molecular flexibility index (Phi) is 71.3. The molecule has 0 aliphatic carbocycles. The second kappa shape index (κ2) is 73.3. The maximum absolute atomic E-state index is 13.0. The summed E-state index contributed by atoms with van der Waals surface area (Å²) in [5.41, 5.74) is 0. The van der Waals surface area contributed by atoms with E-state index in [0.717, 1.165) is 44.9 Å². The summed E-state index contributed by atoms with van der Waals surface area (Å²) < 4.78 is 22.9. The van der Waals surface area contributed by atoms with E-state index >= 15 is 0 Å². The molecule has 0 spiro atoms. The van der Waals surface area contributed by atoms with Crippen molar-refractivity contribution < 1.29 is 42.9 Å². The minimum atomic E-state index is -1.62. The minimum Gasteiger partial charge on any atom is -0.545 e. The molecule has 0 aromatic rings. The number of hydrogen-bond donors (Lipinski definition) is 0. The molecule has 0 aromatic carbocycles. The van der Waals surface area contributed by atoms with Gasteiger partial charge < -0.3 is 33.3 Å². The molecule has 0 aliphatic rings. The fourth-order valence-electron chi connectivity index (χ4n) is 12.2. The Labute approximate surface area is 566 Å². The SMILES string of the molecule is CCCCCCC/C=C\C/C=C\CCCCCCCCCCCCCCCCCCCCCCCCCC(=O)OC(COC(=O)CCCCCCCCCCCCCCCCCCCCC/C=C\CCCCCCCCCC)COC(OCC[N+](C)(C)C)C(=O)[O-]. The van der Waals surface area contributed by atoms with Crippen LogP contribution < -0.4 is 5.11 Å². The Bertz CT molecular complexity index is 1590. The van der Waals surface area contributed by atoms with Crippen LogP contribution in [-0.2, 0) is 33.3 Å². The lowest BCUT2D eigenvalue weighted by Gasteiger charge is -2.26. The van der Waals surface area contributed by atoms with Gasteiger partial charge in [-0.15, -0.1) is 0 Å². The largest absolute Gasteiger partial charge is 0.545 e. The normalized spacial score (nSPS) is 12.8. The van der Waals surface area contributed by atoms with Gasteiger partial charge in [0.25, 0.3) is 0 Å². The van der Waals surface area contributed by atoms with Crippen LogP contribution in [0.3, 0.4) is 0 Å². The number of nitrogens with zero attached hydrogens (tertiary/aromatic N) is 1. The van der Waals surface area contributed by atoms with E-state index in [1.54, 1.807) is 0 Å². The van der Waals surface area contributed by atoms with Gasteiger partial charge in [0.15, 0.2) is 12.4 Å². The highest BCUT2D eigenvalue weighted by Crippen LogP contribution is 2.20. The van der Waals surface area contributed by atoms with Crippen molar-refractivity contribution in [2.45, 2.75) is 424 Å². The third-order valence-corrected chi connectivity index (χ3v) is 18.4. The highest BCUT2D eigenvalue weighted by Gasteiger charge is 2.22. The Hall–Kier alpha value is -2.49. The topological polar surface area (TPSA) is 111 Å². The third kappa shape index (κ3) is 74.8. The molecule has 0 N–H and O–H groups in total. The van der Waals surface area contributed by atoms with Gasteiger partial charge in [-0.05, 0) is 70.6 Å². The molecule has 0 amide bonds. The molecular weight excluding hydrogens is 1130 g/mol. The van der Waals surface area contributed by atoms with Gasteiger partial charge in [0.2, 0.25) is 0 Å². The van der Waals surface area contributed by atoms with Crippen molar-refractivity contribution in [3.8, 4) is 0 Å². The third-order valence-electron chi connectivity index (χ3n) is 18.4. The number of carboxylic acids is 1. The summed E-state index contributed by atoms with van der Waals surface area (Å²) in [6, 6.07) is 0. The number of carbonyl (C=O) groups excluding carboxylic acids is 3. The first-order valence-corrected chi connectivity index (χ1v) is 40.1. The molecule has 2 atom stereocenters. The van der Waals surface area contributed by atoms with E-state index in [9.17, 15) is 19.5 Å². The number of aliphatic carboxylic acids is 1. The summed E-state index contributed by atoms with van der Waals surface area (Å²) in [4.78, 5) is 37.6. The maximum Gasteiger partial charge on any atom is 0.306 e. The maximum atomic E-state index is 13.0. The van der Waals surface area contributed by atoms with Crippen LogP contribution in [-0.4, -0.2) is 82.3 Å². The highest BCUT2D eigenvalue weighted by atomic mass is 16.7. The molecule has 536 valence electrons. The molecule has 0 saturated carbocycles. The highest BCUT2D eigenvalue weighted by molar-refractivity contribution is 5.70. The lowest BCUT2D eigenvalue weighted by molar-refractivity contribution is -0.870. The van der Waals surface area contributed by atoms with Gasteiger partial charge in [-0.25, -0.2) is 0 Å². The predicted octanol–water partition coefficient (Wildman–Crippen LogP) is 24.2. The van der Waals surface area contributed by atoms with Crippen LogP contribution in [0.4, 0.5) is 0 Å². The first kappa shape index (κ1) is 88.5. The molecule has 0 bridgehead atoms. The Balaban J connectivity index is 3.97. The number of likely N-dealkylation sites (N-methyl/N-ethyl adjacent to an activating group) is 1. The molecule has 0 saturated heterocycles. The fraction of sp³-hybridized carbons (Fsp3) is 0.890. The molecule has 0 fully saturated rings. The van der Waals surface area contributed by atoms with Crippen molar-refractivity contribution in [3.63, 3.8) is 0 Å². The van der Waals surface area contributed by atoms with Gasteiger partial charge in [-0.2, -0.15) is 0 Å². The molecule has 0 radical (unpaired) electrons. The molecule has 2 unspecified atom stereocenters. The minimum absolute atomic E-state index is 0.151. The Morgan fingerprint density at radius 2 is 0.593 bits per heavy atom. The van der Waals surface area contributed by atoms with Crippen LogP contribution in [0, 0.1) is 0 Å². The molecule has 0 aliphatic heterocycles. The summed E-state index contributed by atoms with van der Waals surface area (Å²) >= 11 is 0. The van der Waals surface area contributed by atoms with Crippen LogP contribution in [0.5, 0.6) is 0 Å². The van der Waals surface area contributed by atoms with Crippen LogP contribution in [0.1, 0.15) is 412 Å². The van der Waals surface area contributed by atoms with E-state index in [0.29, 0.717) is 17.4 Å². The van der Waals surface area contributed by atoms with Crippen LogP contribution in [0.25, 0.3) is 0 Å². The standard InChI is InChI=1S/C82H155NO8/c1-6-8-10-12-14-16-18-20-22-24-26-28-30-32-34-36-38-39-40-41-43-45-47-49-51-53-55-57-59-61-63-65-67-69-71-73-80(85)91-78(77-90-82(81(86)87)88-75-74-83(3,4)5)76-89-79(84)72-70-68-66-64-62-60-58-56-54-52-50-48-46-44-42-37-35-33-31-29-27-25-23-21-19-17-15-13-11-9-7-2/h18,20,24-27,78,82H,6-17,19,21-23,28-77H2,1-5H3/b20-18-,26-24-,27-25-. The Morgan fingerprint density at radius 1 is 0.330 bits per heavy atom. The first-order chi connectivity index (χ1) is 44.6. The van der Waals surface area contributed by atoms with Gasteiger partial charge in [0.05, 0.1) is 40.3 Å². The number of rotatable bonds is 76. The quantitative estimate of drug-likeness (QED) is 0.0195. The summed E-state index contributed by atoms with van der Waals surface area (Å²) in [6.07, 6.45) is 91.3. The number of esters is 2. The summed E-state index contributed by atoms with van der Waals surface area (Å²) in [5, 5.41) is 11.9. The lowest BCUT2D eigenvalue weighted by Crippen LogP contribution is -2.44. The van der Waals surface area contributed by atoms with Gasteiger partial charge in [0.1, 0.15) is 13.2 Å². The predicted molar refractivity (Wildman–Crippen MR) is 389 cm³/mol. The monoisotopic (exact) mass is 1280 g/mol. The molecule has 9 nitrogen and oxygen atoms in total. The van der Waals surface area contributed by atoms with Crippen molar-refractivity contribution in [2.24, 2.45) is 0 Å². The average Bonchev–Trinajstić information content (AvgIpc) is 3.46. The van der Waals surface area contributed by atoms with Crippen LogP contribution in [0.2, 0.25) is 0 Å². The van der Waals surface area contributed by atoms with Gasteiger partial charge in [0, 0.05) is 12.8 Å². The number of carboxylic acid groups (broad SMARTS) is 1. The zero-order valence-corrected chi connectivity index (χ0v) is 61.5. The van der Waals surface area contributed by atoms with Crippen LogP contribution >= 0.6 is 0 Å². The van der Waals surface area contributed by atoms with Gasteiger partial charge >= 0.3 is 11.9 Å². The fourth-order valence-corrected chi connectivity index (χ4v) is 12.2.